The molecule has 0 unspecified atom stereocenters. The molecule has 0 atom stereocenters. The van der Waals surface area contributed by atoms with Crippen LogP contribution in [0.15, 0.2) is 42.6 Å². The number of hydrogen-bond donors (Lipinski definition) is 0. The van der Waals surface area contributed by atoms with E-state index in [9.17, 15) is 4.79 Å². The van der Waals surface area contributed by atoms with Crippen LogP contribution in [0.3, 0.4) is 0 Å². The molecule has 4 rings (SSSR count). The van der Waals surface area contributed by atoms with Gasteiger partial charge in [0.2, 0.25) is 0 Å². The van der Waals surface area contributed by atoms with E-state index in [1.165, 1.54) is 25.7 Å². The SMILES string of the molecule is O=C(c1cc(N2CCCCCC2)ccn1)N1CCN(c2cccc(Cl)c2)CC1. The summed E-state index contributed by atoms with van der Waals surface area (Å²) in [5.41, 5.74) is 2.79. The smallest absolute Gasteiger partial charge is 0.272 e. The van der Waals surface area contributed by atoms with Gasteiger partial charge in [-0.2, -0.15) is 0 Å². The van der Waals surface area contributed by atoms with Crippen LogP contribution in [0.2, 0.25) is 5.02 Å². The molecule has 0 radical (unpaired) electrons. The Morgan fingerprint density at radius 3 is 2.21 bits per heavy atom. The second-order valence-electron chi connectivity index (χ2n) is 7.56. The number of benzene rings is 1. The van der Waals surface area contributed by atoms with Crippen LogP contribution in [0.4, 0.5) is 11.4 Å². The fourth-order valence-electron chi connectivity index (χ4n) is 4.06. The van der Waals surface area contributed by atoms with E-state index in [4.69, 9.17) is 11.6 Å². The van der Waals surface area contributed by atoms with Crippen LogP contribution in [0.5, 0.6) is 0 Å². The molecule has 0 aliphatic carbocycles. The quantitative estimate of drug-likeness (QED) is 0.781. The number of nitrogens with zero attached hydrogens (tertiary/aromatic N) is 4. The van der Waals surface area contributed by atoms with Crippen LogP contribution in [0, 0.1) is 0 Å². The average molecular weight is 399 g/mol. The van der Waals surface area contributed by atoms with E-state index in [1.54, 1.807) is 6.20 Å². The van der Waals surface area contributed by atoms with Crippen molar-refractivity contribution in [1.82, 2.24) is 9.88 Å². The summed E-state index contributed by atoms with van der Waals surface area (Å²) in [5.74, 6) is 0.0300. The Kier molecular flexibility index (Phi) is 6.01. The van der Waals surface area contributed by atoms with E-state index in [2.05, 4.69) is 20.9 Å². The van der Waals surface area contributed by atoms with Crippen molar-refractivity contribution in [2.45, 2.75) is 25.7 Å². The molecule has 6 heteroatoms. The zero-order chi connectivity index (χ0) is 19.3. The maximum atomic E-state index is 13.0. The predicted octanol–water partition coefficient (Wildman–Crippen LogP) is 4.08. The zero-order valence-corrected chi connectivity index (χ0v) is 16.9. The maximum absolute atomic E-state index is 13.0. The van der Waals surface area contributed by atoms with Crippen molar-refractivity contribution in [2.24, 2.45) is 0 Å². The number of hydrogen-bond acceptors (Lipinski definition) is 4. The number of amides is 1. The van der Waals surface area contributed by atoms with Gasteiger partial charge in [-0.3, -0.25) is 9.78 Å². The number of anilines is 2. The lowest BCUT2D eigenvalue weighted by molar-refractivity contribution is 0.0741. The van der Waals surface area contributed by atoms with Gasteiger partial charge in [0.25, 0.3) is 5.91 Å². The third kappa shape index (κ3) is 4.41. The van der Waals surface area contributed by atoms with Crippen molar-refractivity contribution < 1.29 is 4.79 Å². The zero-order valence-electron chi connectivity index (χ0n) is 16.2. The summed E-state index contributed by atoms with van der Waals surface area (Å²) in [6.07, 6.45) is 6.80. The highest BCUT2D eigenvalue weighted by molar-refractivity contribution is 6.30. The summed E-state index contributed by atoms with van der Waals surface area (Å²) < 4.78 is 0. The molecule has 28 heavy (non-hydrogen) atoms. The van der Waals surface area contributed by atoms with Crippen LogP contribution < -0.4 is 9.80 Å². The Labute approximate surface area is 171 Å². The Bertz CT molecular complexity index is 812. The van der Waals surface area contributed by atoms with Gasteiger partial charge in [-0.1, -0.05) is 30.5 Å². The van der Waals surface area contributed by atoms with Gasteiger partial charge in [-0.05, 0) is 43.2 Å². The molecule has 148 valence electrons. The highest BCUT2D eigenvalue weighted by atomic mass is 35.5. The molecule has 3 heterocycles. The van der Waals surface area contributed by atoms with Crippen molar-refractivity contribution >= 4 is 28.9 Å². The molecule has 0 spiro atoms. The Hall–Kier alpha value is -2.27. The summed E-state index contributed by atoms with van der Waals surface area (Å²) in [6.45, 7) is 5.13. The fraction of sp³-hybridized carbons (Fsp3) is 0.455. The molecule has 2 fully saturated rings. The van der Waals surface area contributed by atoms with Crippen LogP contribution in [-0.4, -0.2) is 55.1 Å². The molecule has 5 nitrogen and oxygen atoms in total. The second kappa shape index (κ2) is 8.82. The molecule has 1 amide bonds. The molecule has 0 bridgehead atoms. The minimum Gasteiger partial charge on any atom is -0.371 e. The van der Waals surface area contributed by atoms with Crippen molar-refractivity contribution in [3.05, 3.63) is 53.3 Å². The summed E-state index contributed by atoms with van der Waals surface area (Å²) >= 11 is 6.11. The summed E-state index contributed by atoms with van der Waals surface area (Å²) in [4.78, 5) is 24.0. The van der Waals surface area contributed by atoms with Crippen LogP contribution in [-0.2, 0) is 0 Å². The average Bonchev–Trinajstić information content (AvgIpc) is 3.03. The number of aromatic nitrogens is 1. The summed E-state index contributed by atoms with van der Waals surface area (Å²) in [6, 6.07) is 11.9. The van der Waals surface area contributed by atoms with E-state index >= 15 is 0 Å². The highest BCUT2D eigenvalue weighted by Crippen LogP contribution is 2.23. The maximum Gasteiger partial charge on any atom is 0.272 e. The molecule has 0 saturated carbocycles. The van der Waals surface area contributed by atoms with Gasteiger partial charge in [-0.25, -0.2) is 0 Å². The Morgan fingerprint density at radius 1 is 0.821 bits per heavy atom. The van der Waals surface area contributed by atoms with Crippen LogP contribution >= 0.6 is 11.6 Å². The van der Waals surface area contributed by atoms with Crippen molar-refractivity contribution in [3.8, 4) is 0 Å². The molecule has 0 N–H and O–H groups in total. The highest BCUT2D eigenvalue weighted by Gasteiger charge is 2.24. The third-order valence-corrected chi connectivity index (χ3v) is 5.91. The van der Waals surface area contributed by atoms with E-state index in [0.717, 1.165) is 42.6 Å². The molecule has 1 aromatic carbocycles. The van der Waals surface area contributed by atoms with Gasteiger partial charge in [-0.15, -0.1) is 0 Å². The standard InChI is InChI=1S/C22H27ClN4O/c23-18-6-5-7-19(16-18)26-12-14-27(15-13-26)22(28)21-17-20(8-9-24-21)25-10-3-1-2-4-11-25/h5-9,16-17H,1-4,10-15H2. The monoisotopic (exact) mass is 398 g/mol. The molecule has 2 saturated heterocycles. The first kappa shape index (κ1) is 19.1. The Morgan fingerprint density at radius 2 is 1.50 bits per heavy atom. The number of piperazine rings is 1. The predicted molar refractivity (Wildman–Crippen MR) is 114 cm³/mol. The van der Waals surface area contributed by atoms with E-state index in [1.807, 2.05) is 35.2 Å². The van der Waals surface area contributed by atoms with Gasteiger partial charge in [0, 0.05) is 61.9 Å². The second-order valence-corrected chi connectivity index (χ2v) is 8.00. The number of halogens is 1. The van der Waals surface area contributed by atoms with Crippen molar-refractivity contribution in [3.63, 3.8) is 0 Å². The minimum atomic E-state index is 0.0300. The van der Waals surface area contributed by atoms with E-state index in [-0.39, 0.29) is 5.91 Å². The first-order valence-electron chi connectivity index (χ1n) is 10.2. The first-order valence-corrected chi connectivity index (χ1v) is 10.6. The largest absolute Gasteiger partial charge is 0.371 e. The Balaban J connectivity index is 1.40. The van der Waals surface area contributed by atoms with Crippen LogP contribution in [0.1, 0.15) is 36.2 Å². The lowest BCUT2D eigenvalue weighted by Gasteiger charge is -2.36. The number of carbonyl (C=O) groups excluding carboxylic acids is 1. The molecule has 2 aliphatic heterocycles. The van der Waals surface area contributed by atoms with Gasteiger partial charge in [0.15, 0.2) is 0 Å². The van der Waals surface area contributed by atoms with E-state index < -0.39 is 0 Å². The molecular weight excluding hydrogens is 372 g/mol. The van der Waals surface area contributed by atoms with Gasteiger partial charge in [0.1, 0.15) is 5.69 Å². The number of carbonyl (C=O) groups is 1. The van der Waals surface area contributed by atoms with Gasteiger partial charge >= 0.3 is 0 Å². The first-order chi connectivity index (χ1) is 13.7. The molecule has 2 aliphatic rings. The van der Waals surface area contributed by atoms with Crippen molar-refractivity contribution in [1.29, 1.82) is 0 Å². The van der Waals surface area contributed by atoms with Crippen LogP contribution in [0.25, 0.3) is 0 Å². The van der Waals surface area contributed by atoms with Crippen molar-refractivity contribution in [2.75, 3.05) is 49.1 Å². The fourth-order valence-corrected chi connectivity index (χ4v) is 4.25. The normalized spacial score (nSPS) is 18.1. The third-order valence-electron chi connectivity index (χ3n) is 5.67. The topological polar surface area (TPSA) is 39.7 Å². The van der Waals surface area contributed by atoms with Gasteiger partial charge < -0.3 is 14.7 Å². The molecule has 1 aromatic heterocycles. The number of pyridine rings is 1. The lowest BCUT2D eigenvalue weighted by Crippen LogP contribution is -2.49. The molecular formula is C22H27ClN4O. The number of rotatable bonds is 3. The summed E-state index contributed by atoms with van der Waals surface area (Å²) in [7, 11) is 0. The summed E-state index contributed by atoms with van der Waals surface area (Å²) in [5, 5.41) is 0.741. The molecule has 2 aromatic rings. The van der Waals surface area contributed by atoms with E-state index in [0.29, 0.717) is 18.8 Å². The van der Waals surface area contributed by atoms with Gasteiger partial charge in [0.05, 0.1) is 0 Å². The lowest BCUT2D eigenvalue weighted by atomic mass is 10.2. The minimum absolute atomic E-state index is 0.0300.